The molecule has 3 aromatic rings. The summed E-state index contributed by atoms with van der Waals surface area (Å²) < 4.78 is 1.41. The van der Waals surface area contributed by atoms with E-state index in [1.165, 1.54) is 21.9 Å². The van der Waals surface area contributed by atoms with Crippen LogP contribution in [0.4, 0.5) is 0 Å². The number of rotatable bonds is 3. The zero-order valence-electron chi connectivity index (χ0n) is 10.1. The minimum Gasteiger partial charge on any atom is -0.285 e. The van der Waals surface area contributed by atoms with Crippen LogP contribution in [0.3, 0.4) is 0 Å². The first-order valence-electron chi connectivity index (χ1n) is 5.63. The summed E-state index contributed by atoms with van der Waals surface area (Å²) in [6.07, 6.45) is 2.84. The molecular formula is C12H10N6O. The van der Waals surface area contributed by atoms with Crippen molar-refractivity contribution in [2.24, 2.45) is 7.05 Å². The largest absolute Gasteiger partial charge is 0.285 e. The minimum atomic E-state index is -0.255. The van der Waals surface area contributed by atoms with Gasteiger partial charge in [0.1, 0.15) is 5.69 Å². The Balaban J connectivity index is 1.94. The van der Waals surface area contributed by atoms with Crippen molar-refractivity contribution in [3.05, 3.63) is 54.1 Å². The Bertz CT molecular complexity index is 715. The number of carbonyl (C=O) groups excluding carboxylic acids is 1. The molecule has 0 spiro atoms. The second kappa shape index (κ2) is 4.45. The second-order valence-corrected chi connectivity index (χ2v) is 3.93. The molecule has 0 bridgehead atoms. The summed E-state index contributed by atoms with van der Waals surface area (Å²) in [5.74, 6) is -0.255. The second-order valence-electron chi connectivity index (χ2n) is 3.93. The van der Waals surface area contributed by atoms with Gasteiger partial charge in [-0.25, -0.2) is 4.68 Å². The van der Waals surface area contributed by atoms with Crippen LogP contribution in [0.15, 0.2) is 42.7 Å². The van der Waals surface area contributed by atoms with Gasteiger partial charge in [-0.05, 0) is 12.1 Å². The summed E-state index contributed by atoms with van der Waals surface area (Å²) in [4.78, 5) is 13.6. The molecule has 0 saturated heterocycles. The van der Waals surface area contributed by atoms with E-state index in [4.69, 9.17) is 0 Å². The first-order chi connectivity index (χ1) is 9.25. The van der Waals surface area contributed by atoms with Gasteiger partial charge in [0.25, 0.3) is 0 Å². The van der Waals surface area contributed by atoms with Gasteiger partial charge < -0.3 is 0 Å². The molecule has 0 aliphatic heterocycles. The van der Waals surface area contributed by atoms with Crippen LogP contribution in [-0.2, 0) is 7.05 Å². The number of hydrogen-bond acceptors (Lipinski definition) is 5. The first kappa shape index (κ1) is 11.3. The molecule has 0 fully saturated rings. The van der Waals surface area contributed by atoms with Gasteiger partial charge in [-0.3, -0.25) is 4.79 Å². The molecule has 0 radical (unpaired) electrons. The number of hydrogen-bond donors (Lipinski definition) is 0. The molecule has 0 N–H and O–H groups in total. The van der Waals surface area contributed by atoms with Gasteiger partial charge in [-0.2, -0.15) is 9.90 Å². The van der Waals surface area contributed by atoms with Crippen molar-refractivity contribution in [1.82, 2.24) is 30.0 Å². The normalized spacial score (nSPS) is 10.6. The maximum atomic E-state index is 12.2. The molecule has 7 heteroatoms. The monoisotopic (exact) mass is 254 g/mol. The van der Waals surface area contributed by atoms with Crippen molar-refractivity contribution in [3.63, 3.8) is 0 Å². The summed E-state index contributed by atoms with van der Waals surface area (Å²) in [7, 11) is 1.65. The number of aromatic nitrogens is 6. The minimum absolute atomic E-state index is 0.255. The Morgan fingerprint density at radius 1 is 1.16 bits per heavy atom. The molecule has 0 saturated carbocycles. The van der Waals surface area contributed by atoms with Crippen molar-refractivity contribution in [1.29, 1.82) is 0 Å². The van der Waals surface area contributed by atoms with E-state index < -0.39 is 0 Å². The molecule has 1 aromatic carbocycles. The highest BCUT2D eigenvalue weighted by Gasteiger charge is 2.17. The maximum Gasteiger partial charge on any atom is 0.234 e. The fraction of sp³-hybridized carbons (Fsp3) is 0.0833. The van der Waals surface area contributed by atoms with Crippen LogP contribution in [0.1, 0.15) is 16.2 Å². The zero-order valence-corrected chi connectivity index (χ0v) is 10.1. The van der Waals surface area contributed by atoms with Crippen LogP contribution in [0.25, 0.3) is 5.69 Å². The fourth-order valence-electron chi connectivity index (χ4n) is 1.68. The summed E-state index contributed by atoms with van der Waals surface area (Å²) in [5.41, 5.74) is 1.43. The molecule has 0 atom stereocenters. The van der Waals surface area contributed by atoms with E-state index in [2.05, 4.69) is 20.5 Å². The summed E-state index contributed by atoms with van der Waals surface area (Å²) >= 11 is 0. The van der Waals surface area contributed by atoms with Gasteiger partial charge in [0.05, 0.1) is 18.1 Å². The van der Waals surface area contributed by atoms with E-state index in [9.17, 15) is 4.79 Å². The van der Waals surface area contributed by atoms with Crippen LogP contribution in [0, 0.1) is 0 Å². The van der Waals surface area contributed by atoms with Crippen LogP contribution in [0.2, 0.25) is 0 Å². The molecule has 0 unspecified atom stereocenters. The van der Waals surface area contributed by atoms with Crippen molar-refractivity contribution >= 4 is 5.78 Å². The molecule has 0 aliphatic rings. The molecule has 19 heavy (non-hydrogen) atoms. The highest BCUT2D eigenvalue weighted by atomic mass is 16.1. The van der Waals surface area contributed by atoms with Gasteiger partial charge in [-0.1, -0.05) is 23.4 Å². The van der Waals surface area contributed by atoms with Crippen LogP contribution >= 0.6 is 0 Å². The highest BCUT2D eigenvalue weighted by Crippen LogP contribution is 2.07. The highest BCUT2D eigenvalue weighted by molar-refractivity contribution is 6.06. The predicted octanol–water partition coefficient (Wildman–Crippen LogP) is 0.627. The van der Waals surface area contributed by atoms with E-state index >= 15 is 0 Å². The van der Waals surface area contributed by atoms with Crippen LogP contribution in [-0.4, -0.2) is 35.8 Å². The van der Waals surface area contributed by atoms with Crippen molar-refractivity contribution in [3.8, 4) is 5.69 Å². The molecule has 2 heterocycles. The van der Waals surface area contributed by atoms with Gasteiger partial charge in [0, 0.05) is 7.05 Å². The van der Waals surface area contributed by atoms with Gasteiger partial charge >= 0.3 is 0 Å². The summed E-state index contributed by atoms with van der Waals surface area (Å²) in [5, 5.41) is 15.6. The average Bonchev–Trinajstić information content (AvgIpc) is 3.08. The zero-order chi connectivity index (χ0) is 13.2. The Kier molecular flexibility index (Phi) is 2.64. The smallest absolute Gasteiger partial charge is 0.234 e. The molecule has 0 amide bonds. The quantitative estimate of drug-likeness (QED) is 0.640. The third kappa shape index (κ3) is 2.01. The lowest BCUT2D eigenvalue weighted by Gasteiger charge is -1.98. The summed E-state index contributed by atoms with van der Waals surface area (Å²) in [6.45, 7) is 0. The molecule has 7 nitrogen and oxygen atoms in total. The average molecular weight is 254 g/mol. The Morgan fingerprint density at radius 3 is 2.63 bits per heavy atom. The first-order valence-corrected chi connectivity index (χ1v) is 5.63. The number of benzene rings is 1. The van der Waals surface area contributed by atoms with E-state index in [1.807, 2.05) is 30.3 Å². The van der Waals surface area contributed by atoms with Crippen LogP contribution < -0.4 is 0 Å². The Labute approximate surface area is 108 Å². The third-order valence-corrected chi connectivity index (χ3v) is 2.66. The van der Waals surface area contributed by atoms with E-state index in [0.717, 1.165) is 5.69 Å². The SMILES string of the molecule is Cn1nncc1C(=O)c1cnn(-c2ccccc2)n1. The lowest BCUT2D eigenvalue weighted by molar-refractivity contribution is 0.102. The molecule has 3 rings (SSSR count). The maximum absolute atomic E-state index is 12.2. The number of carbonyl (C=O) groups is 1. The van der Waals surface area contributed by atoms with Gasteiger partial charge in [0.2, 0.25) is 5.78 Å². The van der Waals surface area contributed by atoms with Crippen LogP contribution in [0.5, 0.6) is 0 Å². The standard InChI is InChI=1S/C12H10N6O/c1-17-11(8-13-16-17)12(19)10-7-14-18(15-10)9-5-3-2-4-6-9/h2-8H,1H3. The van der Waals surface area contributed by atoms with Gasteiger partial charge in [-0.15, -0.1) is 10.2 Å². The Hall–Kier alpha value is -2.83. The number of aryl methyl sites for hydroxylation is 1. The number of para-hydroxylation sites is 1. The van der Waals surface area contributed by atoms with Crippen molar-refractivity contribution in [2.45, 2.75) is 0 Å². The number of ketones is 1. The molecule has 2 aromatic heterocycles. The lowest BCUT2D eigenvalue weighted by Crippen LogP contribution is -2.09. The predicted molar refractivity (Wildman–Crippen MR) is 65.8 cm³/mol. The van der Waals surface area contributed by atoms with E-state index in [0.29, 0.717) is 5.69 Å². The third-order valence-electron chi connectivity index (χ3n) is 2.66. The Morgan fingerprint density at radius 2 is 1.95 bits per heavy atom. The molecular weight excluding hydrogens is 244 g/mol. The number of nitrogens with zero attached hydrogens (tertiary/aromatic N) is 6. The van der Waals surface area contributed by atoms with Crippen molar-refractivity contribution in [2.75, 3.05) is 0 Å². The summed E-state index contributed by atoms with van der Waals surface area (Å²) in [6, 6.07) is 9.39. The molecule has 0 aliphatic carbocycles. The van der Waals surface area contributed by atoms with E-state index in [-0.39, 0.29) is 11.5 Å². The fourth-order valence-corrected chi connectivity index (χ4v) is 1.68. The van der Waals surface area contributed by atoms with E-state index in [1.54, 1.807) is 7.05 Å². The topological polar surface area (TPSA) is 78.5 Å². The van der Waals surface area contributed by atoms with Gasteiger partial charge in [0.15, 0.2) is 5.69 Å². The lowest BCUT2D eigenvalue weighted by atomic mass is 10.2. The molecule has 94 valence electrons. The van der Waals surface area contributed by atoms with Crippen molar-refractivity contribution < 1.29 is 4.79 Å².